The first-order chi connectivity index (χ1) is 11.3. The number of β-lactam (4-membered cyclic amide) rings is 1. The van der Waals surface area contributed by atoms with Crippen molar-refractivity contribution < 1.29 is 4.79 Å². The highest BCUT2D eigenvalue weighted by Crippen LogP contribution is 2.36. The number of thioether (sulfide) groups is 1. The molecule has 116 valence electrons. The van der Waals surface area contributed by atoms with E-state index in [1.165, 1.54) is 17.5 Å². The van der Waals surface area contributed by atoms with Gasteiger partial charge in [0.05, 0.1) is 0 Å². The third-order valence-corrected chi connectivity index (χ3v) is 5.73. The number of nitrogens with zero attached hydrogens (tertiary/aromatic N) is 1. The molecule has 0 radical (unpaired) electrons. The minimum absolute atomic E-state index is 0.0218. The molecule has 0 saturated carbocycles. The van der Waals surface area contributed by atoms with Crippen LogP contribution in [0.3, 0.4) is 0 Å². The van der Waals surface area contributed by atoms with Gasteiger partial charge in [0.1, 0.15) is 11.3 Å². The van der Waals surface area contributed by atoms with Gasteiger partial charge in [-0.1, -0.05) is 60.4 Å². The van der Waals surface area contributed by atoms with Crippen LogP contribution in [0.5, 0.6) is 0 Å². The molecule has 0 unspecified atom stereocenters. The van der Waals surface area contributed by atoms with Gasteiger partial charge in [0.25, 0.3) is 0 Å². The molecular weight excluding hydrogens is 322 g/mol. The van der Waals surface area contributed by atoms with Crippen LogP contribution in [0.1, 0.15) is 11.1 Å². The number of amides is 1. The first-order valence-electron chi connectivity index (χ1n) is 7.39. The fraction of sp³-hybridized carbons (Fsp3) is 0.211. The lowest BCUT2D eigenvalue weighted by Crippen LogP contribution is -2.59. The Morgan fingerprint density at radius 3 is 2.35 bits per heavy atom. The van der Waals surface area contributed by atoms with Crippen LogP contribution in [0.25, 0.3) is 0 Å². The van der Waals surface area contributed by atoms with Crippen LogP contribution in [0.2, 0.25) is 0 Å². The molecule has 2 nitrogen and oxygen atoms in total. The Hall–Kier alpha value is -1.83. The van der Waals surface area contributed by atoms with E-state index in [9.17, 15) is 4.79 Å². The molecule has 3 rings (SSSR count). The maximum atomic E-state index is 12.3. The minimum atomic E-state index is -0.0705. The quantitative estimate of drug-likeness (QED) is 0.480. The second kappa shape index (κ2) is 7.63. The zero-order valence-electron chi connectivity index (χ0n) is 12.8. The summed E-state index contributed by atoms with van der Waals surface area (Å²) in [5.74, 6) is 7.46. The average Bonchev–Trinajstić information content (AvgIpc) is 2.60. The van der Waals surface area contributed by atoms with Crippen LogP contribution in [-0.2, 0) is 10.5 Å². The van der Waals surface area contributed by atoms with Crippen molar-refractivity contribution in [3.63, 3.8) is 0 Å². The maximum Gasteiger partial charge on any atom is 0.249 e. The lowest BCUT2D eigenvalue weighted by atomic mass is 10.1. The third kappa shape index (κ3) is 3.74. The summed E-state index contributed by atoms with van der Waals surface area (Å²) in [4.78, 5) is 12.3. The van der Waals surface area contributed by atoms with Crippen LogP contribution >= 0.6 is 23.7 Å². The average molecular weight is 339 g/mol. The van der Waals surface area contributed by atoms with Gasteiger partial charge >= 0.3 is 0 Å². The SMILES string of the molecule is CSN1C(=O)[C@@H](SCc2ccccc2)[C@@H]1C#Cc1ccccc1. The lowest BCUT2D eigenvalue weighted by molar-refractivity contribution is -0.133. The number of carbonyl (C=O) groups is 1. The maximum absolute atomic E-state index is 12.3. The van der Waals surface area contributed by atoms with Crippen molar-refractivity contribution in [2.45, 2.75) is 17.0 Å². The van der Waals surface area contributed by atoms with Gasteiger partial charge in [-0.15, -0.1) is 11.8 Å². The van der Waals surface area contributed by atoms with Crippen LogP contribution in [0.4, 0.5) is 0 Å². The number of carbonyl (C=O) groups excluding carboxylic acids is 1. The molecule has 1 aliphatic heterocycles. The normalized spacial score (nSPS) is 19.7. The van der Waals surface area contributed by atoms with Crippen LogP contribution in [0.15, 0.2) is 60.7 Å². The largest absolute Gasteiger partial charge is 0.272 e. The number of hydrogen-bond acceptors (Lipinski definition) is 3. The van der Waals surface area contributed by atoms with Crippen LogP contribution in [-0.4, -0.2) is 27.8 Å². The Kier molecular flexibility index (Phi) is 5.32. The molecule has 1 heterocycles. The first-order valence-corrected chi connectivity index (χ1v) is 9.62. The van der Waals surface area contributed by atoms with Crippen LogP contribution < -0.4 is 0 Å². The first kappa shape index (κ1) is 16.0. The summed E-state index contributed by atoms with van der Waals surface area (Å²) < 4.78 is 1.78. The summed E-state index contributed by atoms with van der Waals surface area (Å²) in [5.41, 5.74) is 2.22. The molecule has 0 bridgehead atoms. The molecule has 1 fully saturated rings. The van der Waals surface area contributed by atoms with Gasteiger partial charge in [-0.25, -0.2) is 0 Å². The smallest absolute Gasteiger partial charge is 0.249 e. The van der Waals surface area contributed by atoms with Crippen molar-refractivity contribution in [1.29, 1.82) is 0 Å². The van der Waals surface area contributed by atoms with Gasteiger partial charge in [-0.2, -0.15) is 0 Å². The predicted octanol–water partition coefficient (Wildman–Crippen LogP) is 3.83. The van der Waals surface area contributed by atoms with E-state index < -0.39 is 0 Å². The van der Waals surface area contributed by atoms with Gasteiger partial charge in [0, 0.05) is 17.6 Å². The molecule has 1 amide bonds. The molecule has 0 spiro atoms. The van der Waals surface area contributed by atoms with Crippen LogP contribution in [0, 0.1) is 11.8 Å². The number of rotatable bonds is 4. The number of benzene rings is 2. The van der Waals surface area contributed by atoms with E-state index in [1.807, 2.05) is 54.8 Å². The fourth-order valence-electron chi connectivity index (χ4n) is 2.38. The van der Waals surface area contributed by atoms with Gasteiger partial charge in [-0.3, -0.25) is 9.10 Å². The summed E-state index contributed by atoms with van der Waals surface area (Å²) in [7, 11) is 0. The van der Waals surface area contributed by atoms with Gasteiger partial charge in [-0.05, 0) is 29.6 Å². The van der Waals surface area contributed by atoms with E-state index in [0.29, 0.717) is 0 Å². The molecule has 2 aromatic carbocycles. The molecular formula is C19H17NOS2. The summed E-state index contributed by atoms with van der Waals surface area (Å²) >= 11 is 3.14. The predicted molar refractivity (Wildman–Crippen MR) is 99.0 cm³/mol. The van der Waals surface area contributed by atoms with E-state index in [2.05, 4.69) is 24.0 Å². The van der Waals surface area contributed by atoms with Crippen molar-refractivity contribution in [2.75, 3.05) is 6.26 Å². The molecule has 0 aliphatic carbocycles. The van der Waals surface area contributed by atoms with Gasteiger partial charge in [0.2, 0.25) is 5.91 Å². The highest BCUT2D eigenvalue weighted by Gasteiger charge is 2.46. The molecule has 4 heteroatoms. The standard InChI is InChI=1S/C19H17NOS2/c1-22-20-17(13-12-15-8-4-2-5-9-15)18(19(20)21)23-14-16-10-6-3-7-11-16/h2-11,17-18H,14H2,1H3/t17-,18-/m0/s1. The van der Waals surface area contributed by atoms with E-state index in [4.69, 9.17) is 0 Å². The minimum Gasteiger partial charge on any atom is -0.272 e. The van der Waals surface area contributed by atoms with Crippen molar-refractivity contribution in [1.82, 2.24) is 4.31 Å². The van der Waals surface area contributed by atoms with Crippen molar-refractivity contribution in [3.8, 4) is 11.8 Å². The lowest BCUT2D eigenvalue weighted by Gasteiger charge is -2.42. The third-order valence-electron chi connectivity index (χ3n) is 3.61. The Labute approximate surface area is 145 Å². The Balaban J connectivity index is 1.69. The Morgan fingerprint density at radius 2 is 1.70 bits per heavy atom. The molecule has 0 N–H and O–H groups in total. The highest BCUT2D eigenvalue weighted by molar-refractivity contribution is 8.01. The van der Waals surface area contributed by atoms with Crippen molar-refractivity contribution in [2.24, 2.45) is 0 Å². The molecule has 1 saturated heterocycles. The van der Waals surface area contributed by atoms with E-state index in [-0.39, 0.29) is 17.2 Å². The summed E-state index contributed by atoms with van der Waals surface area (Å²) in [6, 6.07) is 20.1. The van der Waals surface area contributed by atoms with E-state index in [1.54, 1.807) is 16.1 Å². The molecule has 2 aromatic rings. The summed E-state index contributed by atoms with van der Waals surface area (Å²) in [6.07, 6.45) is 1.92. The molecule has 0 aromatic heterocycles. The van der Waals surface area contributed by atoms with Crippen molar-refractivity contribution >= 4 is 29.6 Å². The highest BCUT2D eigenvalue weighted by atomic mass is 32.2. The van der Waals surface area contributed by atoms with Gasteiger partial charge in [0.15, 0.2) is 0 Å². The zero-order valence-corrected chi connectivity index (χ0v) is 14.4. The summed E-state index contributed by atoms with van der Waals surface area (Å²) in [5, 5.41) is -0.0705. The molecule has 2 atom stereocenters. The van der Waals surface area contributed by atoms with Crippen molar-refractivity contribution in [3.05, 3.63) is 71.8 Å². The second-order valence-electron chi connectivity index (χ2n) is 5.14. The Morgan fingerprint density at radius 1 is 1.04 bits per heavy atom. The molecule has 1 aliphatic rings. The van der Waals surface area contributed by atoms with Gasteiger partial charge < -0.3 is 0 Å². The fourth-order valence-corrected chi connectivity index (χ4v) is 4.41. The van der Waals surface area contributed by atoms with E-state index >= 15 is 0 Å². The Bertz CT molecular complexity index is 721. The van der Waals surface area contributed by atoms with E-state index in [0.717, 1.165) is 11.3 Å². The second-order valence-corrected chi connectivity index (χ2v) is 7.03. The number of hydrogen-bond donors (Lipinski definition) is 0. The zero-order chi connectivity index (χ0) is 16.1. The molecule has 23 heavy (non-hydrogen) atoms. The summed E-state index contributed by atoms with van der Waals surface area (Å²) in [6.45, 7) is 0. The topological polar surface area (TPSA) is 20.3 Å². The monoisotopic (exact) mass is 339 g/mol.